The zero-order chi connectivity index (χ0) is 23.4. The van der Waals surface area contributed by atoms with E-state index >= 15 is 0 Å². The lowest BCUT2D eigenvalue weighted by molar-refractivity contribution is -0.161. The van der Waals surface area contributed by atoms with Crippen molar-refractivity contribution in [3.05, 3.63) is 12.2 Å². The lowest BCUT2D eigenvalue weighted by Crippen LogP contribution is -2.57. The fraction of sp³-hybridized carbons (Fsp3) is 0.933. The van der Waals surface area contributed by atoms with E-state index in [1.807, 2.05) is 19.9 Å². The van der Waals surface area contributed by atoms with Crippen molar-refractivity contribution in [3.8, 4) is 0 Å². The van der Waals surface area contributed by atoms with Gasteiger partial charge < -0.3 is 10.2 Å². The molecule has 0 heterocycles. The van der Waals surface area contributed by atoms with E-state index in [9.17, 15) is 10.2 Å². The molecule has 0 aliphatic heterocycles. The average molecular weight is 443 g/mol. The normalized spacial score (nSPS) is 52.7. The van der Waals surface area contributed by atoms with Crippen LogP contribution in [0.15, 0.2) is 12.2 Å². The third kappa shape index (κ3) is 2.84. The van der Waals surface area contributed by atoms with Gasteiger partial charge in [-0.15, -0.1) is 0 Å². The van der Waals surface area contributed by atoms with Gasteiger partial charge in [0.15, 0.2) is 0 Å². The Morgan fingerprint density at radius 3 is 2.22 bits per heavy atom. The molecule has 0 bridgehead atoms. The van der Waals surface area contributed by atoms with Crippen LogP contribution < -0.4 is 0 Å². The molecule has 0 radical (unpaired) electrons. The van der Waals surface area contributed by atoms with Gasteiger partial charge >= 0.3 is 0 Å². The predicted molar refractivity (Wildman–Crippen MR) is 132 cm³/mol. The first-order chi connectivity index (χ1) is 14.7. The van der Waals surface area contributed by atoms with E-state index < -0.39 is 5.60 Å². The Bertz CT molecular complexity index is 791. The van der Waals surface area contributed by atoms with Crippen LogP contribution in [0.5, 0.6) is 0 Å². The van der Waals surface area contributed by atoms with E-state index in [-0.39, 0.29) is 11.5 Å². The smallest absolute Gasteiger partial charge is 0.0771 e. The molecule has 9 atom stereocenters. The summed E-state index contributed by atoms with van der Waals surface area (Å²) in [6.45, 7) is 16.3. The SMILES string of the molecule is C[C@H](C/C=C\C(C)(C)O)[C@H]1CC[C@@]2(C)[C@@H]3CC[C@H]4C(C)(C)[C@@H](O)CC[C@@]45CC35CC[C@]12C. The fourth-order valence-corrected chi connectivity index (χ4v) is 11.0. The molecule has 5 aliphatic rings. The molecule has 0 saturated heterocycles. The summed E-state index contributed by atoms with van der Waals surface area (Å²) in [7, 11) is 0. The Balaban J connectivity index is 1.40. The molecule has 1 unspecified atom stereocenters. The summed E-state index contributed by atoms with van der Waals surface area (Å²) in [5.41, 5.74) is 1.44. The van der Waals surface area contributed by atoms with Crippen LogP contribution in [0.1, 0.15) is 113 Å². The summed E-state index contributed by atoms with van der Waals surface area (Å²) in [6.07, 6.45) is 17.4. The van der Waals surface area contributed by atoms with Gasteiger partial charge in [-0.25, -0.2) is 0 Å². The second-order valence-corrected chi connectivity index (χ2v) is 14.8. The maximum Gasteiger partial charge on any atom is 0.0771 e. The molecule has 0 aromatic rings. The van der Waals surface area contributed by atoms with Gasteiger partial charge in [0.2, 0.25) is 0 Å². The Kier molecular flexibility index (Phi) is 5.02. The summed E-state index contributed by atoms with van der Waals surface area (Å²) >= 11 is 0. The van der Waals surface area contributed by atoms with Crippen molar-refractivity contribution in [2.45, 2.75) is 124 Å². The first kappa shape index (κ1) is 23.4. The van der Waals surface area contributed by atoms with Crippen LogP contribution in [-0.2, 0) is 0 Å². The van der Waals surface area contributed by atoms with E-state index in [2.05, 4.69) is 40.7 Å². The van der Waals surface area contributed by atoms with Gasteiger partial charge in [0.25, 0.3) is 0 Å². The van der Waals surface area contributed by atoms with Crippen LogP contribution in [0.3, 0.4) is 0 Å². The monoisotopic (exact) mass is 442 g/mol. The van der Waals surface area contributed by atoms with Gasteiger partial charge in [0.1, 0.15) is 0 Å². The summed E-state index contributed by atoms with van der Waals surface area (Å²) in [5, 5.41) is 20.9. The molecule has 32 heavy (non-hydrogen) atoms. The van der Waals surface area contributed by atoms with Gasteiger partial charge in [0, 0.05) is 0 Å². The molecule has 2 N–H and O–H groups in total. The number of rotatable bonds is 4. The van der Waals surface area contributed by atoms with E-state index in [0.29, 0.717) is 27.6 Å². The molecule has 2 nitrogen and oxygen atoms in total. The van der Waals surface area contributed by atoms with Crippen LogP contribution in [-0.4, -0.2) is 21.9 Å². The van der Waals surface area contributed by atoms with Crippen LogP contribution in [0, 0.1) is 50.7 Å². The minimum atomic E-state index is -0.703. The summed E-state index contributed by atoms with van der Waals surface area (Å²) in [6, 6.07) is 0. The summed E-state index contributed by atoms with van der Waals surface area (Å²) in [5.74, 6) is 3.10. The minimum absolute atomic E-state index is 0.0912. The lowest BCUT2D eigenvalue weighted by atomic mass is 9.42. The molecule has 0 aromatic heterocycles. The highest BCUT2D eigenvalue weighted by Gasteiger charge is 2.82. The van der Waals surface area contributed by atoms with Crippen molar-refractivity contribution in [1.82, 2.24) is 0 Å². The number of aliphatic hydroxyl groups is 2. The second kappa shape index (κ2) is 6.87. The number of allylic oxidation sites excluding steroid dienone is 1. The zero-order valence-corrected chi connectivity index (χ0v) is 22.0. The number of hydrogen-bond donors (Lipinski definition) is 2. The van der Waals surface area contributed by atoms with Crippen molar-refractivity contribution in [1.29, 1.82) is 0 Å². The van der Waals surface area contributed by atoms with Crippen molar-refractivity contribution >= 4 is 0 Å². The van der Waals surface area contributed by atoms with E-state index in [0.717, 1.165) is 30.6 Å². The summed E-state index contributed by atoms with van der Waals surface area (Å²) < 4.78 is 0. The number of hydrogen-bond acceptors (Lipinski definition) is 2. The van der Waals surface area contributed by atoms with Crippen molar-refractivity contribution < 1.29 is 10.2 Å². The van der Waals surface area contributed by atoms with E-state index in [4.69, 9.17) is 0 Å². The molecule has 0 aromatic carbocycles. The molecule has 2 spiro atoms. The molecule has 5 rings (SSSR count). The Morgan fingerprint density at radius 1 is 0.875 bits per heavy atom. The van der Waals surface area contributed by atoms with Crippen LogP contribution in [0.2, 0.25) is 0 Å². The van der Waals surface area contributed by atoms with E-state index in [1.54, 1.807) is 0 Å². The molecule has 5 fully saturated rings. The highest BCUT2D eigenvalue weighted by Crippen LogP contribution is 2.89. The Hall–Kier alpha value is -0.340. The molecule has 2 heteroatoms. The van der Waals surface area contributed by atoms with Crippen molar-refractivity contribution in [2.75, 3.05) is 0 Å². The lowest BCUT2D eigenvalue weighted by Gasteiger charge is -2.63. The van der Waals surface area contributed by atoms with Crippen LogP contribution >= 0.6 is 0 Å². The Morgan fingerprint density at radius 2 is 1.53 bits per heavy atom. The highest BCUT2D eigenvalue weighted by atomic mass is 16.3. The standard InChI is InChI=1S/C30H50O2/c1-20(9-8-14-25(2,3)32)21-12-15-28(7)23-11-10-22-26(4,5)24(31)13-16-29(22)19-30(23,29)18-17-27(21,28)6/h8,14,20-24,31-32H,9-13,15-19H2,1-7H3/b14-8-/t20-,21-,22+,23+,24+,27-,28+,29-,30?/m1/s1. The molecule has 5 saturated carbocycles. The third-order valence-corrected chi connectivity index (χ3v) is 12.9. The number of fused-ring (bicyclic) bond motifs is 2. The zero-order valence-electron chi connectivity index (χ0n) is 22.0. The second-order valence-electron chi connectivity index (χ2n) is 14.8. The minimum Gasteiger partial charge on any atom is -0.393 e. The third-order valence-electron chi connectivity index (χ3n) is 12.9. The van der Waals surface area contributed by atoms with Gasteiger partial charge in [0.05, 0.1) is 11.7 Å². The Labute approximate surface area is 197 Å². The maximum absolute atomic E-state index is 10.8. The maximum atomic E-state index is 10.8. The van der Waals surface area contributed by atoms with Crippen LogP contribution in [0.4, 0.5) is 0 Å². The van der Waals surface area contributed by atoms with Gasteiger partial charge in [-0.1, -0.05) is 46.8 Å². The number of aliphatic hydroxyl groups excluding tert-OH is 1. The summed E-state index contributed by atoms with van der Waals surface area (Å²) in [4.78, 5) is 0. The van der Waals surface area contributed by atoms with Gasteiger partial charge in [-0.05, 0) is 129 Å². The average Bonchev–Trinajstić information content (AvgIpc) is 3.27. The molecule has 5 aliphatic carbocycles. The quantitative estimate of drug-likeness (QED) is 0.454. The largest absolute Gasteiger partial charge is 0.393 e. The molecule has 0 amide bonds. The van der Waals surface area contributed by atoms with Gasteiger partial charge in [-0.3, -0.25) is 0 Å². The first-order valence-electron chi connectivity index (χ1n) is 13.8. The first-order valence-corrected chi connectivity index (χ1v) is 13.8. The fourth-order valence-electron chi connectivity index (χ4n) is 11.0. The highest BCUT2D eigenvalue weighted by molar-refractivity contribution is 5.30. The molecular formula is C30H50O2. The van der Waals surface area contributed by atoms with E-state index in [1.165, 1.54) is 51.4 Å². The molecular weight excluding hydrogens is 392 g/mol. The van der Waals surface area contributed by atoms with Gasteiger partial charge in [-0.2, -0.15) is 0 Å². The van der Waals surface area contributed by atoms with Crippen LogP contribution in [0.25, 0.3) is 0 Å². The topological polar surface area (TPSA) is 40.5 Å². The van der Waals surface area contributed by atoms with Crippen molar-refractivity contribution in [2.24, 2.45) is 50.7 Å². The predicted octanol–water partition coefficient (Wildman–Crippen LogP) is 7.14. The van der Waals surface area contributed by atoms with Crippen molar-refractivity contribution in [3.63, 3.8) is 0 Å². The molecule has 182 valence electrons.